The summed E-state index contributed by atoms with van der Waals surface area (Å²) in [7, 11) is 0. The minimum atomic E-state index is -0.142. The molecular formula is C16H20N4O3. The minimum absolute atomic E-state index is 0.0474. The van der Waals surface area contributed by atoms with Gasteiger partial charge in [0.15, 0.2) is 0 Å². The van der Waals surface area contributed by atoms with Crippen molar-refractivity contribution in [3.05, 3.63) is 48.5 Å². The van der Waals surface area contributed by atoms with Crippen LogP contribution in [0.1, 0.15) is 12.0 Å². The second-order valence-corrected chi connectivity index (χ2v) is 5.51. The molecule has 2 aromatic rings. The number of benzene rings is 1. The number of nitrogens with one attached hydrogen (secondary N) is 1. The van der Waals surface area contributed by atoms with Crippen molar-refractivity contribution in [3.8, 4) is 0 Å². The maximum atomic E-state index is 12.1. The normalized spacial score (nSPS) is 21.0. The zero-order valence-electron chi connectivity index (χ0n) is 12.8. The van der Waals surface area contributed by atoms with Crippen LogP contribution in [0, 0.1) is 0 Å². The summed E-state index contributed by atoms with van der Waals surface area (Å²) < 4.78 is 13.1. The molecule has 7 heteroatoms. The third kappa shape index (κ3) is 4.61. The van der Waals surface area contributed by atoms with E-state index in [2.05, 4.69) is 15.5 Å². The van der Waals surface area contributed by atoms with Crippen LogP contribution in [0.25, 0.3) is 0 Å². The zero-order chi connectivity index (χ0) is 15.9. The van der Waals surface area contributed by atoms with E-state index in [1.54, 1.807) is 4.57 Å². The lowest BCUT2D eigenvalue weighted by Gasteiger charge is -2.32. The van der Waals surface area contributed by atoms with E-state index in [4.69, 9.17) is 9.47 Å². The molecule has 0 spiro atoms. The third-order valence-electron chi connectivity index (χ3n) is 3.74. The van der Waals surface area contributed by atoms with Crippen LogP contribution in [0.3, 0.4) is 0 Å². The predicted octanol–water partition coefficient (Wildman–Crippen LogP) is 0.769. The molecule has 1 saturated heterocycles. The van der Waals surface area contributed by atoms with Gasteiger partial charge in [0.2, 0.25) is 5.91 Å². The molecule has 1 fully saturated rings. The molecule has 0 bridgehead atoms. The summed E-state index contributed by atoms with van der Waals surface area (Å²) in [4.78, 5) is 12.1. The number of carbonyl (C=O) groups excluding carboxylic acids is 1. The number of aromatic nitrogens is 3. The van der Waals surface area contributed by atoms with Crippen molar-refractivity contribution in [2.45, 2.75) is 31.7 Å². The largest absolute Gasteiger partial charge is 0.379 e. The van der Waals surface area contributed by atoms with E-state index in [-0.39, 0.29) is 24.6 Å². The SMILES string of the molecule is O=C(Cn1cnnc1)N[C@@H]1COCC[C@@H]1OCc1ccccc1. The zero-order valence-corrected chi connectivity index (χ0v) is 12.8. The van der Waals surface area contributed by atoms with Crippen LogP contribution in [0.4, 0.5) is 0 Å². The fourth-order valence-electron chi connectivity index (χ4n) is 2.55. The highest BCUT2D eigenvalue weighted by molar-refractivity contribution is 5.76. The average Bonchev–Trinajstić information content (AvgIpc) is 3.08. The molecule has 3 rings (SSSR count). The smallest absolute Gasteiger partial charge is 0.240 e. The van der Waals surface area contributed by atoms with Crippen LogP contribution in [-0.2, 0) is 27.4 Å². The summed E-state index contributed by atoms with van der Waals surface area (Å²) in [5, 5.41) is 10.3. The molecule has 0 aliphatic carbocycles. The maximum Gasteiger partial charge on any atom is 0.240 e. The molecule has 1 aliphatic rings. The van der Waals surface area contributed by atoms with Crippen molar-refractivity contribution >= 4 is 5.91 Å². The highest BCUT2D eigenvalue weighted by Crippen LogP contribution is 2.14. The molecule has 1 aromatic heterocycles. The van der Waals surface area contributed by atoms with Gasteiger partial charge in [0.25, 0.3) is 0 Å². The lowest BCUT2D eigenvalue weighted by Crippen LogP contribution is -2.51. The molecular weight excluding hydrogens is 296 g/mol. The summed E-state index contributed by atoms with van der Waals surface area (Å²) in [5.74, 6) is -0.103. The number of amides is 1. The van der Waals surface area contributed by atoms with E-state index in [1.165, 1.54) is 12.7 Å². The van der Waals surface area contributed by atoms with Crippen LogP contribution in [0.15, 0.2) is 43.0 Å². The average molecular weight is 316 g/mol. The molecule has 1 amide bonds. The molecule has 0 saturated carbocycles. The first-order chi connectivity index (χ1) is 11.3. The number of nitrogens with zero attached hydrogens (tertiary/aromatic N) is 3. The van der Waals surface area contributed by atoms with Gasteiger partial charge in [0.1, 0.15) is 19.2 Å². The standard InChI is InChI=1S/C16H20N4O3/c21-16(8-20-11-17-18-12-20)19-14-10-22-7-6-15(14)23-9-13-4-2-1-3-5-13/h1-5,11-12,14-15H,6-10H2,(H,19,21)/t14-,15+/m1/s1. The van der Waals surface area contributed by atoms with Crippen LogP contribution in [-0.4, -0.2) is 46.0 Å². The minimum Gasteiger partial charge on any atom is -0.379 e. The molecule has 0 radical (unpaired) electrons. The van der Waals surface area contributed by atoms with Crippen molar-refractivity contribution in [2.75, 3.05) is 13.2 Å². The van der Waals surface area contributed by atoms with Gasteiger partial charge in [-0.3, -0.25) is 4.79 Å². The highest BCUT2D eigenvalue weighted by atomic mass is 16.5. The number of rotatable bonds is 6. The monoisotopic (exact) mass is 316 g/mol. The van der Waals surface area contributed by atoms with E-state index < -0.39 is 0 Å². The van der Waals surface area contributed by atoms with Gasteiger partial charge in [0.05, 0.1) is 25.4 Å². The highest BCUT2D eigenvalue weighted by Gasteiger charge is 2.28. The Morgan fingerprint density at radius 2 is 2.09 bits per heavy atom. The van der Waals surface area contributed by atoms with Gasteiger partial charge in [-0.15, -0.1) is 10.2 Å². The molecule has 23 heavy (non-hydrogen) atoms. The topological polar surface area (TPSA) is 78.3 Å². The van der Waals surface area contributed by atoms with E-state index in [1.807, 2.05) is 30.3 Å². The summed E-state index contributed by atoms with van der Waals surface area (Å²) in [6, 6.07) is 9.86. The van der Waals surface area contributed by atoms with E-state index >= 15 is 0 Å². The van der Waals surface area contributed by atoms with E-state index in [0.29, 0.717) is 19.8 Å². The Bertz CT molecular complexity index is 603. The van der Waals surface area contributed by atoms with Crippen molar-refractivity contribution in [2.24, 2.45) is 0 Å². The summed E-state index contributed by atoms with van der Waals surface area (Å²) in [6.07, 6.45) is 3.75. The summed E-state index contributed by atoms with van der Waals surface area (Å²) in [6.45, 7) is 1.84. The Morgan fingerprint density at radius 1 is 1.30 bits per heavy atom. The molecule has 2 heterocycles. The Balaban J connectivity index is 1.52. The van der Waals surface area contributed by atoms with Crippen molar-refractivity contribution in [1.82, 2.24) is 20.1 Å². The first-order valence-corrected chi connectivity index (χ1v) is 7.66. The molecule has 1 aromatic carbocycles. The number of carbonyl (C=O) groups is 1. The lowest BCUT2D eigenvalue weighted by molar-refractivity contribution is -0.127. The fourth-order valence-corrected chi connectivity index (χ4v) is 2.55. The van der Waals surface area contributed by atoms with Crippen LogP contribution in [0.2, 0.25) is 0 Å². The molecule has 7 nitrogen and oxygen atoms in total. The van der Waals surface area contributed by atoms with Gasteiger partial charge >= 0.3 is 0 Å². The van der Waals surface area contributed by atoms with Gasteiger partial charge in [-0.1, -0.05) is 30.3 Å². The summed E-state index contributed by atoms with van der Waals surface area (Å²) >= 11 is 0. The number of hydrogen-bond acceptors (Lipinski definition) is 5. The Morgan fingerprint density at radius 3 is 2.87 bits per heavy atom. The van der Waals surface area contributed by atoms with Gasteiger partial charge in [-0.2, -0.15) is 0 Å². The van der Waals surface area contributed by atoms with Gasteiger partial charge in [-0.25, -0.2) is 0 Å². The molecule has 0 unspecified atom stereocenters. The van der Waals surface area contributed by atoms with Gasteiger partial charge in [0, 0.05) is 6.61 Å². The Hall–Kier alpha value is -2.25. The second kappa shape index (κ2) is 7.85. The van der Waals surface area contributed by atoms with Crippen molar-refractivity contribution in [1.29, 1.82) is 0 Å². The summed E-state index contributed by atoms with van der Waals surface area (Å²) in [5.41, 5.74) is 1.12. The Labute approximate surface area is 134 Å². The molecule has 2 atom stereocenters. The van der Waals surface area contributed by atoms with Crippen LogP contribution >= 0.6 is 0 Å². The van der Waals surface area contributed by atoms with Gasteiger partial charge in [-0.05, 0) is 12.0 Å². The molecule has 1 aliphatic heterocycles. The number of ether oxygens (including phenoxy) is 2. The first-order valence-electron chi connectivity index (χ1n) is 7.66. The van der Waals surface area contributed by atoms with Crippen molar-refractivity contribution in [3.63, 3.8) is 0 Å². The second-order valence-electron chi connectivity index (χ2n) is 5.51. The van der Waals surface area contributed by atoms with Crippen molar-refractivity contribution < 1.29 is 14.3 Å². The van der Waals surface area contributed by atoms with E-state index in [0.717, 1.165) is 12.0 Å². The van der Waals surface area contributed by atoms with Gasteiger partial charge < -0.3 is 19.4 Å². The van der Waals surface area contributed by atoms with E-state index in [9.17, 15) is 4.79 Å². The maximum absolute atomic E-state index is 12.1. The van der Waals surface area contributed by atoms with Crippen LogP contribution in [0.5, 0.6) is 0 Å². The quantitative estimate of drug-likeness (QED) is 0.851. The first kappa shape index (κ1) is 15.6. The predicted molar refractivity (Wildman–Crippen MR) is 82.4 cm³/mol. The third-order valence-corrected chi connectivity index (χ3v) is 3.74. The molecule has 1 N–H and O–H groups in total. The van der Waals surface area contributed by atoms with Crippen LogP contribution < -0.4 is 5.32 Å². The fraction of sp³-hybridized carbons (Fsp3) is 0.438. The lowest BCUT2D eigenvalue weighted by atomic mass is 10.1. The Kier molecular flexibility index (Phi) is 5.33. The number of hydrogen-bond donors (Lipinski definition) is 1. The molecule has 122 valence electrons.